The van der Waals surface area contributed by atoms with Crippen molar-refractivity contribution in [2.45, 2.75) is 44.0 Å². The van der Waals surface area contributed by atoms with Crippen LogP contribution in [0.25, 0.3) is 10.9 Å². The summed E-state index contributed by atoms with van der Waals surface area (Å²) in [7, 11) is -3.48. The van der Waals surface area contributed by atoms with Crippen molar-refractivity contribution in [2.75, 3.05) is 13.1 Å². The van der Waals surface area contributed by atoms with Gasteiger partial charge in [-0.25, -0.2) is 8.42 Å². The van der Waals surface area contributed by atoms with Crippen molar-refractivity contribution in [1.82, 2.24) is 14.6 Å². The summed E-state index contributed by atoms with van der Waals surface area (Å²) in [5, 5.41) is 3.81. The van der Waals surface area contributed by atoms with E-state index in [1.54, 1.807) is 24.3 Å². The summed E-state index contributed by atoms with van der Waals surface area (Å²) in [6.07, 6.45) is 2.24. The molecule has 1 saturated carbocycles. The minimum Gasteiger partial charge on any atom is -0.348 e. The van der Waals surface area contributed by atoms with Gasteiger partial charge in [0, 0.05) is 36.6 Å². The molecular formula is C24H27N3O3S. The first-order valence-electron chi connectivity index (χ1n) is 10.7. The predicted molar refractivity (Wildman–Crippen MR) is 121 cm³/mol. The molecule has 31 heavy (non-hydrogen) atoms. The van der Waals surface area contributed by atoms with Gasteiger partial charge in [0.1, 0.15) is 0 Å². The molecule has 0 unspecified atom stereocenters. The van der Waals surface area contributed by atoms with Crippen LogP contribution in [-0.4, -0.2) is 36.7 Å². The van der Waals surface area contributed by atoms with E-state index < -0.39 is 10.0 Å². The molecule has 0 atom stereocenters. The van der Waals surface area contributed by atoms with Crippen molar-refractivity contribution in [3.63, 3.8) is 0 Å². The molecule has 0 aliphatic heterocycles. The molecule has 6 nitrogen and oxygen atoms in total. The smallest absolute Gasteiger partial charge is 0.252 e. The Hall–Kier alpha value is -2.77. The van der Waals surface area contributed by atoms with E-state index in [4.69, 9.17) is 4.98 Å². The fraction of sp³-hybridized carbons (Fsp3) is 0.333. The first-order chi connectivity index (χ1) is 14.9. The maximum Gasteiger partial charge on any atom is 0.252 e. The molecule has 2 aromatic carbocycles. The molecule has 7 heteroatoms. The minimum absolute atomic E-state index is 0.152. The number of para-hydroxylation sites is 1. The second-order valence-corrected chi connectivity index (χ2v) is 9.74. The number of carbonyl (C=O) groups is 1. The number of pyridine rings is 1. The van der Waals surface area contributed by atoms with Gasteiger partial charge in [-0.1, -0.05) is 44.2 Å². The van der Waals surface area contributed by atoms with E-state index in [0.29, 0.717) is 31.1 Å². The number of nitrogens with zero attached hydrogens (tertiary/aromatic N) is 2. The molecule has 4 rings (SSSR count). The van der Waals surface area contributed by atoms with Crippen LogP contribution in [0.3, 0.4) is 0 Å². The fourth-order valence-electron chi connectivity index (χ4n) is 3.74. The summed E-state index contributed by atoms with van der Waals surface area (Å²) in [5.41, 5.74) is 3.29. The molecule has 1 aliphatic rings. The first-order valence-corrected chi connectivity index (χ1v) is 12.1. The van der Waals surface area contributed by atoms with E-state index in [2.05, 4.69) is 5.32 Å². The Bertz CT molecular complexity index is 1200. The predicted octanol–water partition coefficient (Wildman–Crippen LogP) is 4.07. The normalized spacial score (nSPS) is 14.2. The molecule has 0 radical (unpaired) electrons. The average molecular weight is 438 g/mol. The van der Waals surface area contributed by atoms with Gasteiger partial charge in [0.25, 0.3) is 5.91 Å². The number of amides is 1. The number of sulfonamides is 1. The molecule has 1 heterocycles. The van der Waals surface area contributed by atoms with E-state index in [1.807, 2.05) is 44.2 Å². The van der Waals surface area contributed by atoms with Crippen molar-refractivity contribution in [3.05, 3.63) is 71.4 Å². The van der Waals surface area contributed by atoms with Crippen molar-refractivity contribution in [3.8, 4) is 0 Å². The molecule has 1 aliphatic carbocycles. The van der Waals surface area contributed by atoms with E-state index in [0.717, 1.165) is 35.0 Å². The Labute approximate surface area is 183 Å². The van der Waals surface area contributed by atoms with Gasteiger partial charge in [0.2, 0.25) is 10.0 Å². The number of carbonyl (C=O) groups excluding carboxylic acids is 1. The Morgan fingerprint density at radius 1 is 1.06 bits per heavy atom. The largest absolute Gasteiger partial charge is 0.348 e. The fourth-order valence-corrected chi connectivity index (χ4v) is 5.20. The zero-order valence-electron chi connectivity index (χ0n) is 17.8. The number of rotatable bonds is 8. The standard InChI is InChI=1S/C24H27N3O3S/c1-3-27(4-2)31(29,30)19-13-9-17(10-14-19)16-25-24(28)21-15-23(18-11-12-18)26-22-8-6-5-7-20(21)22/h5-10,13-15,18H,3-4,11-12,16H2,1-2H3,(H,25,28). The number of benzene rings is 2. The lowest BCUT2D eigenvalue weighted by Gasteiger charge is -2.18. The summed E-state index contributed by atoms with van der Waals surface area (Å²) >= 11 is 0. The van der Waals surface area contributed by atoms with Gasteiger partial charge in [0.05, 0.1) is 16.0 Å². The van der Waals surface area contributed by atoms with Crippen molar-refractivity contribution in [2.24, 2.45) is 0 Å². The van der Waals surface area contributed by atoms with E-state index in [1.165, 1.54) is 4.31 Å². The molecule has 162 valence electrons. The molecule has 0 saturated heterocycles. The highest BCUT2D eigenvalue weighted by Gasteiger charge is 2.27. The molecule has 1 amide bonds. The van der Waals surface area contributed by atoms with Gasteiger partial charge in [-0.3, -0.25) is 9.78 Å². The summed E-state index contributed by atoms with van der Waals surface area (Å²) in [6, 6.07) is 16.3. The topological polar surface area (TPSA) is 79.4 Å². The van der Waals surface area contributed by atoms with Crippen LogP contribution < -0.4 is 5.32 Å². The Kier molecular flexibility index (Phi) is 6.07. The van der Waals surface area contributed by atoms with Crippen molar-refractivity contribution in [1.29, 1.82) is 0 Å². The number of hydrogen-bond acceptors (Lipinski definition) is 4. The lowest BCUT2D eigenvalue weighted by Crippen LogP contribution is -2.30. The third kappa shape index (κ3) is 4.48. The quantitative estimate of drug-likeness (QED) is 0.576. The monoisotopic (exact) mass is 437 g/mol. The SMILES string of the molecule is CCN(CC)S(=O)(=O)c1ccc(CNC(=O)c2cc(C3CC3)nc3ccccc23)cc1. The highest BCUT2D eigenvalue weighted by atomic mass is 32.2. The second-order valence-electron chi connectivity index (χ2n) is 7.80. The van der Waals surface area contributed by atoms with Crippen LogP contribution in [0.2, 0.25) is 0 Å². The van der Waals surface area contributed by atoms with Gasteiger partial charge in [-0.2, -0.15) is 4.31 Å². The Morgan fingerprint density at radius 3 is 2.39 bits per heavy atom. The van der Waals surface area contributed by atoms with Crippen LogP contribution in [-0.2, 0) is 16.6 Å². The zero-order valence-corrected chi connectivity index (χ0v) is 18.7. The van der Waals surface area contributed by atoms with Gasteiger partial charge in [0.15, 0.2) is 0 Å². The number of hydrogen-bond donors (Lipinski definition) is 1. The summed E-state index contributed by atoms with van der Waals surface area (Å²) in [4.78, 5) is 18.0. The highest BCUT2D eigenvalue weighted by Crippen LogP contribution is 2.40. The van der Waals surface area contributed by atoms with Gasteiger partial charge in [-0.15, -0.1) is 0 Å². The molecule has 0 spiro atoms. The van der Waals surface area contributed by atoms with Crippen LogP contribution in [0.4, 0.5) is 0 Å². The van der Waals surface area contributed by atoms with Crippen molar-refractivity contribution >= 4 is 26.8 Å². The van der Waals surface area contributed by atoms with Gasteiger partial charge in [-0.05, 0) is 42.7 Å². The zero-order chi connectivity index (χ0) is 22.0. The van der Waals surface area contributed by atoms with Crippen LogP contribution in [0, 0.1) is 0 Å². The Balaban J connectivity index is 1.51. The molecule has 0 bridgehead atoms. The van der Waals surface area contributed by atoms with Crippen LogP contribution in [0.5, 0.6) is 0 Å². The summed E-state index contributed by atoms with van der Waals surface area (Å²) in [6.45, 7) is 4.82. The molecule has 1 fully saturated rings. The molecule has 3 aromatic rings. The highest BCUT2D eigenvalue weighted by molar-refractivity contribution is 7.89. The summed E-state index contributed by atoms with van der Waals surface area (Å²) in [5.74, 6) is 0.303. The first kappa shape index (κ1) is 21.5. The van der Waals surface area contributed by atoms with E-state index >= 15 is 0 Å². The maximum atomic E-state index is 13.0. The minimum atomic E-state index is -3.48. The number of nitrogens with one attached hydrogen (secondary N) is 1. The van der Waals surface area contributed by atoms with Crippen molar-refractivity contribution < 1.29 is 13.2 Å². The average Bonchev–Trinajstić information content (AvgIpc) is 3.63. The summed E-state index contributed by atoms with van der Waals surface area (Å²) < 4.78 is 26.7. The lowest BCUT2D eigenvalue weighted by atomic mass is 10.1. The van der Waals surface area contributed by atoms with Crippen LogP contribution >= 0.6 is 0 Å². The van der Waals surface area contributed by atoms with Crippen LogP contribution in [0.15, 0.2) is 59.5 Å². The van der Waals surface area contributed by atoms with E-state index in [-0.39, 0.29) is 10.8 Å². The second kappa shape index (κ2) is 8.77. The van der Waals surface area contributed by atoms with Crippen LogP contribution in [0.1, 0.15) is 54.2 Å². The molecular weight excluding hydrogens is 410 g/mol. The number of fused-ring (bicyclic) bond motifs is 1. The maximum absolute atomic E-state index is 13.0. The van der Waals surface area contributed by atoms with Gasteiger partial charge >= 0.3 is 0 Å². The molecule has 1 N–H and O–H groups in total. The lowest BCUT2D eigenvalue weighted by molar-refractivity contribution is 0.0952. The Morgan fingerprint density at radius 2 is 1.74 bits per heavy atom. The third-order valence-corrected chi connectivity index (χ3v) is 7.76. The molecule has 1 aromatic heterocycles. The third-order valence-electron chi connectivity index (χ3n) is 5.70. The number of aromatic nitrogens is 1. The van der Waals surface area contributed by atoms with E-state index in [9.17, 15) is 13.2 Å². The van der Waals surface area contributed by atoms with Gasteiger partial charge < -0.3 is 5.32 Å².